The number of carbonyl (C=O) groups excluding carboxylic acids is 1. The zero-order chi connectivity index (χ0) is 9.84. The van der Waals surface area contributed by atoms with Crippen molar-refractivity contribution in [1.29, 1.82) is 0 Å². The van der Waals surface area contributed by atoms with Crippen molar-refractivity contribution in [1.82, 2.24) is 9.97 Å². The fraction of sp³-hybridized carbons (Fsp3) is 0.167. The van der Waals surface area contributed by atoms with Crippen molar-refractivity contribution in [3.63, 3.8) is 0 Å². The molecule has 0 radical (unpaired) electrons. The number of nitrogens with zero attached hydrogens (tertiary/aromatic N) is 2. The molecule has 13 heavy (non-hydrogen) atoms. The Morgan fingerprint density at radius 3 is 2.69 bits per heavy atom. The quantitative estimate of drug-likeness (QED) is 0.529. The summed E-state index contributed by atoms with van der Waals surface area (Å²) in [6, 6.07) is 0. The molecule has 0 bridgehead atoms. The van der Waals surface area contributed by atoms with Crippen LogP contribution in [-0.4, -0.2) is 23.5 Å². The molecule has 5 N–H and O–H groups in total. The van der Waals surface area contributed by atoms with Gasteiger partial charge in [0.1, 0.15) is 5.69 Å². The molecular weight excluding hydrogens is 174 g/mol. The summed E-state index contributed by atoms with van der Waals surface area (Å²) in [4.78, 5) is 17.5. The van der Waals surface area contributed by atoms with Crippen LogP contribution in [-0.2, 0) is 4.79 Å². The second kappa shape index (κ2) is 3.57. The molecule has 0 saturated carbocycles. The van der Waals surface area contributed by atoms with Crippen molar-refractivity contribution in [2.45, 2.75) is 0 Å². The lowest BCUT2D eigenvalue weighted by atomic mass is 10.4. The van der Waals surface area contributed by atoms with E-state index in [1.54, 1.807) is 0 Å². The van der Waals surface area contributed by atoms with Gasteiger partial charge in [-0.2, -0.15) is 9.97 Å². The van der Waals surface area contributed by atoms with Crippen LogP contribution in [0.2, 0.25) is 0 Å². The number of aromatic nitrogens is 2. The molecule has 0 aliphatic rings. The average Bonchev–Trinajstić information content (AvgIpc) is 2.09. The smallest absolute Gasteiger partial charge is 0.244 e. The zero-order valence-electron chi connectivity index (χ0n) is 6.94. The molecule has 1 rings (SSSR count). The predicted octanol–water partition coefficient (Wildman–Crippen LogP) is -0.782. The highest BCUT2D eigenvalue weighted by atomic mass is 16.5. The van der Waals surface area contributed by atoms with Crippen molar-refractivity contribution in [2.24, 2.45) is 0 Å². The highest BCUT2D eigenvalue weighted by Crippen LogP contribution is 2.26. The Balaban J connectivity index is 3.20. The maximum Gasteiger partial charge on any atom is 0.244 e. The van der Waals surface area contributed by atoms with Gasteiger partial charge in [0.2, 0.25) is 18.2 Å². The molecule has 0 atom stereocenters. The van der Waals surface area contributed by atoms with E-state index >= 15 is 0 Å². The first kappa shape index (κ1) is 9.04. The average molecular weight is 183 g/mol. The second-order valence-electron chi connectivity index (χ2n) is 2.11. The van der Waals surface area contributed by atoms with Crippen molar-refractivity contribution in [3.8, 4) is 5.88 Å². The largest absolute Gasteiger partial charge is 0.479 e. The summed E-state index contributed by atoms with van der Waals surface area (Å²) < 4.78 is 4.83. The van der Waals surface area contributed by atoms with Crippen LogP contribution >= 0.6 is 0 Å². The molecule has 0 spiro atoms. The maximum atomic E-state index is 10.2. The Kier molecular flexibility index (Phi) is 2.48. The molecule has 7 nitrogen and oxygen atoms in total. The van der Waals surface area contributed by atoms with E-state index in [2.05, 4.69) is 15.3 Å². The molecule has 0 aliphatic carbocycles. The SMILES string of the molecule is COc1nc(N)nc(N)c1NC=O. The lowest BCUT2D eigenvalue weighted by molar-refractivity contribution is -0.105. The number of nitrogen functional groups attached to an aromatic ring is 2. The lowest BCUT2D eigenvalue weighted by Gasteiger charge is -2.07. The third-order valence-electron chi connectivity index (χ3n) is 1.32. The number of hydrogen-bond acceptors (Lipinski definition) is 6. The highest BCUT2D eigenvalue weighted by Gasteiger charge is 2.10. The molecule has 1 amide bonds. The van der Waals surface area contributed by atoms with E-state index in [0.29, 0.717) is 6.41 Å². The van der Waals surface area contributed by atoms with Crippen LogP contribution in [0.1, 0.15) is 0 Å². The van der Waals surface area contributed by atoms with Gasteiger partial charge in [0.25, 0.3) is 0 Å². The third-order valence-corrected chi connectivity index (χ3v) is 1.32. The zero-order valence-corrected chi connectivity index (χ0v) is 6.94. The van der Waals surface area contributed by atoms with E-state index in [0.717, 1.165) is 0 Å². The lowest BCUT2D eigenvalue weighted by Crippen LogP contribution is -2.08. The topological polar surface area (TPSA) is 116 Å². The molecule has 1 heterocycles. The number of nitrogens with one attached hydrogen (secondary N) is 1. The third kappa shape index (κ3) is 1.75. The Morgan fingerprint density at radius 1 is 1.46 bits per heavy atom. The summed E-state index contributed by atoms with van der Waals surface area (Å²) >= 11 is 0. The molecule has 0 fully saturated rings. The van der Waals surface area contributed by atoms with Crippen molar-refractivity contribution in [3.05, 3.63) is 0 Å². The molecular formula is C6H9N5O2. The fourth-order valence-electron chi connectivity index (χ4n) is 0.816. The molecule has 1 aromatic rings. The Labute approximate surface area is 74.1 Å². The number of carbonyl (C=O) groups is 1. The van der Waals surface area contributed by atoms with Crippen LogP contribution in [0, 0.1) is 0 Å². The van der Waals surface area contributed by atoms with Crippen LogP contribution in [0.4, 0.5) is 17.5 Å². The summed E-state index contributed by atoms with van der Waals surface area (Å²) in [7, 11) is 1.39. The first-order chi connectivity index (χ1) is 6.19. The second-order valence-corrected chi connectivity index (χ2v) is 2.11. The van der Waals surface area contributed by atoms with Crippen molar-refractivity contribution >= 4 is 23.9 Å². The molecule has 0 saturated heterocycles. The highest BCUT2D eigenvalue weighted by molar-refractivity contribution is 5.81. The first-order valence-corrected chi connectivity index (χ1v) is 3.36. The first-order valence-electron chi connectivity index (χ1n) is 3.36. The Hall–Kier alpha value is -2.05. The predicted molar refractivity (Wildman–Crippen MR) is 47.1 cm³/mol. The summed E-state index contributed by atoms with van der Waals surface area (Å²) in [6.45, 7) is 0. The molecule has 7 heteroatoms. The van der Waals surface area contributed by atoms with Crippen LogP contribution in [0.5, 0.6) is 5.88 Å². The van der Waals surface area contributed by atoms with Crippen LogP contribution in [0.3, 0.4) is 0 Å². The van der Waals surface area contributed by atoms with E-state index < -0.39 is 0 Å². The Bertz CT molecular complexity index is 327. The summed E-state index contributed by atoms with van der Waals surface area (Å²) in [5, 5.41) is 2.31. The number of ether oxygens (including phenoxy) is 1. The van der Waals surface area contributed by atoms with Gasteiger partial charge in [0, 0.05) is 0 Å². The molecule has 0 unspecified atom stereocenters. The number of methoxy groups -OCH3 is 1. The monoisotopic (exact) mass is 183 g/mol. The number of amides is 1. The van der Waals surface area contributed by atoms with Crippen LogP contribution in [0.25, 0.3) is 0 Å². The number of hydrogen-bond donors (Lipinski definition) is 3. The fourth-order valence-corrected chi connectivity index (χ4v) is 0.816. The minimum atomic E-state index is -0.00852. The molecule has 70 valence electrons. The van der Waals surface area contributed by atoms with Gasteiger partial charge in [-0.3, -0.25) is 4.79 Å². The number of rotatable bonds is 3. The normalized spacial score (nSPS) is 9.31. The summed E-state index contributed by atoms with van der Waals surface area (Å²) in [5.74, 6) is 0.194. The van der Waals surface area contributed by atoms with Gasteiger partial charge in [-0.1, -0.05) is 0 Å². The van der Waals surface area contributed by atoms with E-state index in [1.165, 1.54) is 7.11 Å². The van der Waals surface area contributed by atoms with E-state index in [-0.39, 0.29) is 23.3 Å². The minimum Gasteiger partial charge on any atom is -0.479 e. The van der Waals surface area contributed by atoms with Gasteiger partial charge in [-0.15, -0.1) is 0 Å². The van der Waals surface area contributed by atoms with Gasteiger partial charge in [-0.05, 0) is 0 Å². The van der Waals surface area contributed by atoms with Crippen molar-refractivity contribution < 1.29 is 9.53 Å². The standard InChI is InChI=1S/C6H9N5O2/c1-13-5-3(9-2-12)4(7)10-6(8)11-5/h2H,1H3,(H,9,12)(H4,7,8,10,11). The van der Waals surface area contributed by atoms with Gasteiger partial charge in [0.05, 0.1) is 7.11 Å². The van der Waals surface area contributed by atoms with E-state index in [9.17, 15) is 4.79 Å². The summed E-state index contributed by atoms with van der Waals surface area (Å²) in [5.41, 5.74) is 11.0. The van der Waals surface area contributed by atoms with Crippen LogP contribution < -0.4 is 21.5 Å². The number of anilines is 3. The molecule has 0 aromatic carbocycles. The minimum absolute atomic E-state index is 0.00852. The van der Waals surface area contributed by atoms with E-state index in [4.69, 9.17) is 16.2 Å². The van der Waals surface area contributed by atoms with E-state index in [1.807, 2.05) is 0 Å². The molecule has 1 aromatic heterocycles. The summed E-state index contributed by atoms with van der Waals surface area (Å²) in [6.07, 6.45) is 0.452. The maximum absolute atomic E-state index is 10.2. The van der Waals surface area contributed by atoms with Gasteiger partial charge < -0.3 is 21.5 Å². The van der Waals surface area contributed by atoms with Gasteiger partial charge >= 0.3 is 0 Å². The Morgan fingerprint density at radius 2 is 2.15 bits per heavy atom. The molecule has 0 aliphatic heterocycles. The van der Waals surface area contributed by atoms with Crippen molar-refractivity contribution in [2.75, 3.05) is 23.9 Å². The van der Waals surface area contributed by atoms with Gasteiger partial charge in [-0.25, -0.2) is 0 Å². The number of nitrogens with two attached hydrogens (primary N) is 2. The van der Waals surface area contributed by atoms with Crippen LogP contribution in [0.15, 0.2) is 0 Å². The van der Waals surface area contributed by atoms with Gasteiger partial charge in [0.15, 0.2) is 5.82 Å².